The molecule has 4 heterocycles. The van der Waals surface area contributed by atoms with Crippen molar-refractivity contribution in [2.24, 2.45) is 11.8 Å². The fourth-order valence-corrected chi connectivity index (χ4v) is 9.53. The summed E-state index contributed by atoms with van der Waals surface area (Å²) in [7, 11) is 4.51. The number of methoxy groups -OCH3 is 3. The summed E-state index contributed by atoms with van der Waals surface area (Å²) >= 11 is 0. The predicted octanol–water partition coefficient (Wildman–Crippen LogP) is -0.0155. The zero-order valence-corrected chi connectivity index (χ0v) is 50.0. The van der Waals surface area contributed by atoms with E-state index in [0.29, 0.717) is 43.3 Å². The summed E-state index contributed by atoms with van der Waals surface area (Å²) in [6, 6.07) is 9.37. The molecule has 6 N–H and O–H groups in total. The summed E-state index contributed by atoms with van der Waals surface area (Å²) in [6.45, 7) is 3.21. The molecule has 2 aliphatic heterocycles. The highest BCUT2D eigenvalue weighted by atomic mass is 16.6. The number of amides is 5. The fraction of sp³-hybridized carbons (Fsp3) is 0.593. The molecule has 0 saturated carbocycles. The van der Waals surface area contributed by atoms with E-state index in [0.717, 1.165) is 17.9 Å². The van der Waals surface area contributed by atoms with Gasteiger partial charge in [0, 0.05) is 101 Å². The van der Waals surface area contributed by atoms with Crippen LogP contribution in [0, 0.1) is 11.8 Å². The Morgan fingerprint density at radius 1 is 0.713 bits per heavy atom. The number of fused-ring (bicyclic) bond motifs is 5. The highest BCUT2D eigenvalue weighted by molar-refractivity contribution is 5.96. The van der Waals surface area contributed by atoms with Crippen molar-refractivity contribution in [2.75, 3.05) is 114 Å². The minimum atomic E-state index is -2.11. The van der Waals surface area contributed by atoms with Gasteiger partial charge in [0.05, 0.1) is 94.5 Å². The van der Waals surface area contributed by atoms with Crippen molar-refractivity contribution < 1.29 is 95.7 Å². The quantitative estimate of drug-likeness (QED) is 0.0193. The second kappa shape index (κ2) is 36.5. The summed E-state index contributed by atoms with van der Waals surface area (Å²) in [5.41, 5.74) is -0.0215. The Morgan fingerprint density at radius 3 is 1.89 bits per heavy atom. The predicted molar refractivity (Wildman–Crippen MR) is 307 cm³/mol. The lowest BCUT2D eigenvalue weighted by Gasteiger charge is -2.35. The Labute approximate surface area is 503 Å². The van der Waals surface area contributed by atoms with E-state index < -0.39 is 133 Å². The van der Waals surface area contributed by atoms with E-state index >= 15 is 0 Å². The number of rotatable bonds is 42. The van der Waals surface area contributed by atoms with Crippen LogP contribution in [0.2, 0.25) is 0 Å². The minimum Gasteiger partial charge on any atom is -0.457 e. The van der Waals surface area contributed by atoms with Crippen LogP contribution in [0.1, 0.15) is 88.3 Å². The number of Topliss-reactive ketones (excluding diaryl/α,β-unsaturated/α-hetero) is 2. The van der Waals surface area contributed by atoms with E-state index in [1.54, 1.807) is 13.0 Å². The van der Waals surface area contributed by atoms with Gasteiger partial charge in [0.25, 0.3) is 5.56 Å². The first-order valence-corrected chi connectivity index (χ1v) is 28.9. The summed E-state index contributed by atoms with van der Waals surface area (Å²) in [4.78, 5) is 154. The first kappa shape index (κ1) is 70.2. The third kappa shape index (κ3) is 21.6. The summed E-state index contributed by atoms with van der Waals surface area (Å²) in [6.07, 6.45) is -4.93. The molecule has 0 saturated heterocycles. The summed E-state index contributed by atoms with van der Waals surface area (Å²) in [5.74, 6) is -10.7. The number of carbonyl (C=O) groups is 10. The number of carbonyl (C=O) groups excluding carboxylic acids is 10. The molecule has 1 aromatic carbocycles. The molecule has 478 valence electrons. The Hall–Kier alpha value is -7.60. The Balaban J connectivity index is 1.36. The molecule has 1 unspecified atom stereocenters. The second-order valence-corrected chi connectivity index (χ2v) is 20.6. The number of hydrogen-bond donors (Lipinski definition) is 6. The highest BCUT2D eigenvalue weighted by Gasteiger charge is 2.50. The first-order valence-electron chi connectivity index (χ1n) is 28.9. The number of ketones is 2. The van der Waals surface area contributed by atoms with Gasteiger partial charge in [-0.05, 0) is 50.8 Å². The van der Waals surface area contributed by atoms with Crippen LogP contribution in [0.3, 0.4) is 0 Å². The molecule has 2 aromatic heterocycles. The maximum Gasteiger partial charge on any atom is 0.355 e. The zero-order valence-electron chi connectivity index (χ0n) is 50.0. The molecule has 5 atom stereocenters. The molecular weight excluding hydrogens is 1140 g/mol. The number of esters is 3. The van der Waals surface area contributed by atoms with E-state index in [1.165, 1.54) is 25.9 Å². The van der Waals surface area contributed by atoms with Crippen LogP contribution in [-0.4, -0.2) is 199 Å². The molecule has 0 radical (unpaired) electrons. The van der Waals surface area contributed by atoms with Crippen LogP contribution in [0.15, 0.2) is 41.2 Å². The number of aliphatic hydroxyl groups is 1. The molecule has 87 heavy (non-hydrogen) atoms. The van der Waals surface area contributed by atoms with Gasteiger partial charge in [0.1, 0.15) is 25.9 Å². The normalized spacial score (nSPS) is 15.3. The molecule has 5 amide bonds. The van der Waals surface area contributed by atoms with Crippen LogP contribution in [0.25, 0.3) is 22.3 Å². The Bertz CT molecular complexity index is 2930. The van der Waals surface area contributed by atoms with Gasteiger partial charge >= 0.3 is 17.9 Å². The van der Waals surface area contributed by atoms with Crippen molar-refractivity contribution in [3.05, 3.63) is 63.4 Å². The number of hydrogen-bond acceptors (Lipinski definition) is 22. The van der Waals surface area contributed by atoms with Gasteiger partial charge in [0.15, 0.2) is 11.6 Å². The largest absolute Gasteiger partial charge is 0.457 e. The lowest BCUT2D eigenvalue weighted by Crippen LogP contribution is -2.49. The van der Waals surface area contributed by atoms with E-state index in [2.05, 4.69) is 26.6 Å². The van der Waals surface area contributed by atoms with E-state index in [9.17, 15) is 57.8 Å². The van der Waals surface area contributed by atoms with Gasteiger partial charge in [0.2, 0.25) is 35.1 Å². The molecule has 28 heteroatoms. The lowest BCUT2D eigenvalue weighted by atomic mass is 9.85. The number of pyridine rings is 2. The van der Waals surface area contributed by atoms with Gasteiger partial charge < -0.3 is 78.9 Å². The molecule has 0 fully saturated rings. The number of cyclic esters (lactones) is 1. The van der Waals surface area contributed by atoms with Crippen molar-refractivity contribution in [1.29, 1.82) is 0 Å². The summed E-state index contributed by atoms with van der Waals surface area (Å²) < 4.78 is 48.9. The standard InChI is InChI=1S/C59H81N7O21/c1-6-59(44-32-47-53-41(29-38-9-7-8-10-45(38)64-53)34-66(47)56(76)43(44)36-86-58(59)78)87-52(73)33-63-51(72)16-13-46(48(69)31-40(54(74)62-19-22-84-28-25-81-5)12-15-50(71)61-18-21-83-27-24-80-4)65-55(75)39(30-42(68)35-85-57(77)37(2)67)11-14-49(70)60-17-20-82-26-23-79-3/h7-10,29,32,37,39-40,46,67H,6,11-28,30-31,33-36H2,1-5H3,(H,60,70)(H,61,71)(H,62,74)(H,63,72)(H,65,75)/t37?,39-,40-,46+,59-/m0/s1. The summed E-state index contributed by atoms with van der Waals surface area (Å²) in [5, 5.41) is 23.5. The van der Waals surface area contributed by atoms with Gasteiger partial charge in [-0.1, -0.05) is 25.1 Å². The number of para-hydroxylation sites is 1. The maximum absolute atomic E-state index is 14.6. The van der Waals surface area contributed by atoms with Gasteiger partial charge in [-0.3, -0.25) is 43.2 Å². The smallest absolute Gasteiger partial charge is 0.355 e. The van der Waals surface area contributed by atoms with Crippen molar-refractivity contribution in [3.63, 3.8) is 0 Å². The van der Waals surface area contributed by atoms with Crippen molar-refractivity contribution in [2.45, 2.75) is 103 Å². The monoisotopic (exact) mass is 1220 g/mol. The molecule has 0 aliphatic carbocycles. The molecule has 2 aliphatic rings. The van der Waals surface area contributed by atoms with Crippen LogP contribution >= 0.6 is 0 Å². The van der Waals surface area contributed by atoms with Crippen LogP contribution in [-0.2, 0) is 109 Å². The van der Waals surface area contributed by atoms with Crippen molar-refractivity contribution in [3.8, 4) is 11.4 Å². The molecule has 3 aromatic rings. The van der Waals surface area contributed by atoms with Gasteiger partial charge in [-0.15, -0.1) is 0 Å². The van der Waals surface area contributed by atoms with Crippen LogP contribution < -0.4 is 32.1 Å². The number of benzene rings is 1. The van der Waals surface area contributed by atoms with Gasteiger partial charge in [-0.25, -0.2) is 14.6 Å². The highest BCUT2D eigenvalue weighted by Crippen LogP contribution is 2.41. The van der Waals surface area contributed by atoms with Crippen molar-refractivity contribution >= 4 is 69.9 Å². The minimum absolute atomic E-state index is 0.00903. The Morgan fingerprint density at radius 2 is 1.29 bits per heavy atom. The zero-order chi connectivity index (χ0) is 63.3. The Kier molecular flexibility index (Phi) is 29.5. The average Bonchev–Trinajstić information content (AvgIpc) is 1.72. The second-order valence-electron chi connectivity index (χ2n) is 20.6. The average molecular weight is 1220 g/mol. The van der Waals surface area contributed by atoms with Crippen molar-refractivity contribution in [1.82, 2.24) is 36.1 Å². The lowest BCUT2D eigenvalue weighted by molar-refractivity contribution is -0.189. The van der Waals surface area contributed by atoms with Crippen LogP contribution in [0.5, 0.6) is 0 Å². The molecule has 0 spiro atoms. The molecular formula is C59H81N7O21. The maximum atomic E-state index is 14.6. The molecule has 5 rings (SSSR count). The number of aliphatic hydroxyl groups excluding tert-OH is 1. The number of nitrogens with zero attached hydrogens (tertiary/aromatic N) is 2. The topological polar surface area (TPSA) is 369 Å². The molecule has 0 bridgehead atoms. The van der Waals surface area contributed by atoms with E-state index in [1.807, 2.05) is 30.3 Å². The third-order valence-corrected chi connectivity index (χ3v) is 14.3. The number of aromatic nitrogens is 2. The molecule has 28 nitrogen and oxygen atoms in total. The van der Waals surface area contributed by atoms with Gasteiger partial charge in [-0.2, -0.15) is 0 Å². The fourth-order valence-electron chi connectivity index (χ4n) is 9.53. The van der Waals surface area contributed by atoms with E-state index in [-0.39, 0.29) is 109 Å². The number of nitrogens with one attached hydrogen (secondary N) is 5. The number of ether oxygens (including phenoxy) is 9. The van der Waals surface area contributed by atoms with Crippen LogP contribution in [0.4, 0.5) is 0 Å². The first-order chi connectivity index (χ1) is 41.8. The third-order valence-electron chi connectivity index (χ3n) is 14.3. The van der Waals surface area contributed by atoms with E-state index in [4.69, 9.17) is 47.6 Å². The SMILES string of the molecule is CC[C@@]1(OC(=O)CNC(=O)CC[C@@H](NC(=O)[C@@H](CCC(=O)NCCOCCOC)CC(=O)COC(=O)C(C)O)C(=O)C[C@H](CCC(=O)NCCOCCOC)C(=O)NCCOCCOC)C(=O)OCc2c1cc1n(c2=O)Cc2cc3ccccc3nc2-1.